The molecule has 0 saturated carbocycles. The Balaban J connectivity index is 2.28. The maximum Gasteiger partial charge on any atom is 0.226 e. The van der Waals surface area contributed by atoms with Gasteiger partial charge in [0.1, 0.15) is 0 Å². The third-order valence-electron chi connectivity index (χ3n) is 1.82. The summed E-state index contributed by atoms with van der Waals surface area (Å²) in [6.45, 7) is 5.64. The fourth-order valence-electron chi connectivity index (χ4n) is 1.16. The first-order valence-corrected chi connectivity index (χ1v) is 6.25. The molecule has 0 aromatic carbocycles. The van der Waals surface area contributed by atoms with Gasteiger partial charge in [-0.15, -0.1) is 11.3 Å². The highest BCUT2D eigenvalue weighted by Gasteiger charge is 2.08. The fourth-order valence-corrected chi connectivity index (χ4v) is 1.85. The molecule has 0 saturated heterocycles. The minimum atomic E-state index is -0.142. The van der Waals surface area contributed by atoms with Crippen LogP contribution in [0.25, 0.3) is 0 Å². The van der Waals surface area contributed by atoms with Crippen molar-refractivity contribution in [3.8, 4) is 0 Å². The van der Waals surface area contributed by atoms with Crippen LogP contribution in [0.2, 0.25) is 0 Å². The summed E-state index contributed by atoms with van der Waals surface area (Å²) in [5.74, 6) is 0.00178. The first-order chi connectivity index (χ1) is 7.97. The topological polar surface area (TPSA) is 75.1 Å². The van der Waals surface area contributed by atoms with Crippen molar-refractivity contribution >= 4 is 28.3 Å². The number of hydrogen-bond donors (Lipinski definition) is 2. The van der Waals surface area contributed by atoms with E-state index in [0.29, 0.717) is 11.6 Å². The predicted molar refractivity (Wildman–Crippen MR) is 68.7 cm³/mol. The molecule has 17 heavy (non-hydrogen) atoms. The van der Waals surface area contributed by atoms with E-state index in [4.69, 9.17) is 10.1 Å². The van der Waals surface area contributed by atoms with Gasteiger partial charge in [0.2, 0.25) is 5.91 Å². The van der Waals surface area contributed by atoms with Crippen molar-refractivity contribution in [1.82, 2.24) is 4.98 Å². The number of rotatable bonds is 5. The molecule has 1 rings (SSSR count). The lowest BCUT2D eigenvalue weighted by Crippen LogP contribution is -2.16. The van der Waals surface area contributed by atoms with Crippen LogP contribution in [0.15, 0.2) is 6.20 Å². The van der Waals surface area contributed by atoms with Gasteiger partial charge in [0.05, 0.1) is 6.10 Å². The molecule has 0 aliphatic heterocycles. The van der Waals surface area contributed by atoms with E-state index in [1.54, 1.807) is 6.20 Å². The molecule has 0 fully saturated rings. The zero-order valence-electron chi connectivity index (χ0n) is 10.2. The summed E-state index contributed by atoms with van der Waals surface area (Å²) in [4.78, 5) is 16.6. The second kappa shape index (κ2) is 6.34. The van der Waals surface area contributed by atoms with Crippen molar-refractivity contribution in [2.75, 3.05) is 5.32 Å². The zero-order valence-corrected chi connectivity index (χ0v) is 11.1. The minimum Gasteiger partial charge on any atom is -0.478 e. The van der Waals surface area contributed by atoms with E-state index in [0.717, 1.165) is 4.88 Å². The van der Waals surface area contributed by atoms with Gasteiger partial charge in [0, 0.05) is 23.9 Å². The Labute approximate surface area is 105 Å². The minimum absolute atomic E-state index is 0.0211. The van der Waals surface area contributed by atoms with Crippen molar-refractivity contribution < 1.29 is 9.53 Å². The molecule has 0 aliphatic carbocycles. The van der Waals surface area contributed by atoms with Crippen LogP contribution in [-0.2, 0) is 9.53 Å². The van der Waals surface area contributed by atoms with Gasteiger partial charge in [-0.3, -0.25) is 10.2 Å². The van der Waals surface area contributed by atoms with Crippen LogP contribution in [-0.4, -0.2) is 22.9 Å². The van der Waals surface area contributed by atoms with E-state index in [9.17, 15) is 4.79 Å². The molecule has 1 amide bonds. The van der Waals surface area contributed by atoms with E-state index in [-0.39, 0.29) is 24.3 Å². The van der Waals surface area contributed by atoms with Crippen LogP contribution >= 0.6 is 11.3 Å². The number of carbonyl (C=O) groups is 1. The molecule has 2 N–H and O–H groups in total. The highest BCUT2D eigenvalue weighted by Crippen LogP contribution is 2.16. The highest BCUT2D eigenvalue weighted by atomic mass is 32.1. The monoisotopic (exact) mass is 255 g/mol. The van der Waals surface area contributed by atoms with Crippen molar-refractivity contribution in [2.45, 2.75) is 39.7 Å². The van der Waals surface area contributed by atoms with Crippen LogP contribution in [0.4, 0.5) is 5.13 Å². The van der Waals surface area contributed by atoms with E-state index in [1.807, 2.05) is 20.8 Å². The van der Waals surface area contributed by atoms with Gasteiger partial charge in [-0.1, -0.05) is 0 Å². The average Bonchev–Trinajstić information content (AvgIpc) is 2.60. The fraction of sp³-hybridized carbons (Fsp3) is 0.545. The predicted octanol–water partition coefficient (Wildman–Crippen LogP) is 2.57. The van der Waals surface area contributed by atoms with Gasteiger partial charge in [-0.05, 0) is 20.8 Å². The summed E-state index contributed by atoms with van der Waals surface area (Å²) in [5.41, 5.74) is 0. The quantitative estimate of drug-likeness (QED) is 0.627. The maximum atomic E-state index is 11.5. The van der Waals surface area contributed by atoms with Crippen molar-refractivity contribution in [2.24, 2.45) is 0 Å². The molecule has 0 atom stereocenters. The number of anilines is 1. The molecule has 0 radical (unpaired) electrons. The number of ether oxygens (including phenoxy) is 1. The van der Waals surface area contributed by atoms with Crippen molar-refractivity contribution in [3.63, 3.8) is 0 Å². The standard InChI is InChI=1S/C11H17N3O2S/c1-7(2)16-9(12)4-5-10(15)14-11-13-6-8(3)17-11/h6-7,12H,4-5H2,1-3H3,(H,13,14,15). The highest BCUT2D eigenvalue weighted by molar-refractivity contribution is 7.15. The summed E-state index contributed by atoms with van der Waals surface area (Å²) < 4.78 is 5.15. The second-order valence-electron chi connectivity index (χ2n) is 3.91. The summed E-state index contributed by atoms with van der Waals surface area (Å²) in [6.07, 6.45) is 2.25. The zero-order chi connectivity index (χ0) is 12.8. The van der Waals surface area contributed by atoms with E-state index >= 15 is 0 Å². The second-order valence-corrected chi connectivity index (χ2v) is 5.15. The van der Waals surface area contributed by atoms with E-state index in [1.165, 1.54) is 11.3 Å². The summed E-state index contributed by atoms with van der Waals surface area (Å²) in [7, 11) is 0. The number of aromatic nitrogens is 1. The van der Waals surface area contributed by atoms with Crippen LogP contribution < -0.4 is 5.32 Å². The van der Waals surface area contributed by atoms with Crippen molar-refractivity contribution in [3.05, 3.63) is 11.1 Å². The van der Waals surface area contributed by atoms with Gasteiger partial charge >= 0.3 is 0 Å². The van der Waals surface area contributed by atoms with E-state index < -0.39 is 0 Å². The molecule has 1 aromatic heterocycles. The SMILES string of the molecule is Cc1cnc(NC(=O)CCC(=N)OC(C)C)s1. The summed E-state index contributed by atoms with van der Waals surface area (Å²) in [6, 6.07) is 0. The Hall–Kier alpha value is -1.43. The lowest BCUT2D eigenvalue weighted by molar-refractivity contribution is -0.116. The number of nitrogens with zero attached hydrogens (tertiary/aromatic N) is 1. The first-order valence-electron chi connectivity index (χ1n) is 5.43. The third kappa shape index (κ3) is 5.44. The van der Waals surface area contributed by atoms with Gasteiger partial charge in [-0.25, -0.2) is 4.98 Å². The lowest BCUT2D eigenvalue weighted by atomic mass is 10.3. The third-order valence-corrected chi connectivity index (χ3v) is 2.65. The van der Waals surface area contributed by atoms with Crippen LogP contribution in [0, 0.1) is 12.3 Å². The molecule has 1 aromatic rings. The molecule has 6 heteroatoms. The molecule has 0 unspecified atom stereocenters. The van der Waals surface area contributed by atoms with Crippen LogP contribution in [0.5, 0.6) is 0 Å². The number of aryl methyl sites for hydroxylation is 1. The van der Waals surface area contributed by atoms with Gasteiger partial charge < -0.3 is 10.1 Å². The lowest BCUT2D eigenvalue weighted by Gasteiger charge is -2.09. The Morgan fingerprint density at radius 2 is 2.29 bits per heavy atom. The van der Waals surface area contributed by atoms with Gasteiger partial charge in [-0.2, -0.15) is 0 Å². The largest absolute Gasteiger partial charge is 0.478 e. The molecule has 0 bridgehead atoms. The Morgan fingerprint density at radius 1 is 1.59 bits per heavy atom. The van der Waals surface area contributed by atoms with Crippen LogP contribution in [0.1, 0.15) is 31.6 Å². The van der Waals surface area contributed by atoms with Gasteiger partial charge in [0.25, 0.3) is 0 Å². The molecule has 1 heterocycles. The molecule has 0 spiro atoms. The molecule has 5 nitrogen and oxygen atoms in total. The number of nitrogens with one attached hydrogen (secondary N) is 2. The molecule has 94 valence electrons. The smallest absolute Gasteiger partial charge is 0.226 e. The molecular formula is C11H17N3O2S. The van der Waals surface area contributed by atoms with Gasteiger partial charge in [0.15, 0.2) is 11.0 Å². The number of amides is 1. The number of carbonyl (C=O) groups excluding carboxylic acids is 1. The molecular weight excluding hydrogens is 238 g/mol. The summed E-state index contributed by atoms with van der Waals surface area (Å²) in [5, 5.41) is 10.8. The Morgan fingerprint density at radius 3 is 2.82 bits per heavy atom. The average molecular weight is 255 g/mol. The number of hydrogen-bond acceptors (Lipinski definition) is 5. The van der Waals surface area contributed by atoms with E-state index in [2.05, 4.69) is 10.3 Å². The molecule has 0 aliphatic rings. The first kappa shape index (κ1) is 13.6. The summed E-state index contributed by atoms with van der Waals surface area (Å²) >= 11 is 1.43. The normalized spacial score (nSPS) is 10.4. The maximum absolute atomic E-state index is 11.5. The number of thiazole rings is 1. The Bertz CT molecular complexity index is 401. The van der Waals surface area contributed by atoms with Crippen LogP contribution in [0.3, 0.4) is 0 Å². The van der Waals surface area contributed by atoms with Crippen molar-refractivity contribution in [1.29, 1.82) is 5.41 Å². The Kier molecular flexibility index (Phi) is 5.09.